The summed E-state index contributed by atoms with van der Waals surface area (Å²) in [5.74, 6) is 1.25. The van der Waals surface area contributed by atoms with Gasteiger partial charge in [-0.05, 0) is 112 Å². The molecule has 6 nitrogen and oxygen atoms in total. The average molecular weight is 559 g/mol. The van der Waals surface area contributed by atoms with Crippen LogP contribution >= 0.6 is 11.8 Å². The van der Waals surface area contributed by atoms with Gasteiger partial charge in [-0.15, -0.1) is 11.8 Å². The van der Waals surface area contributed by atoms with Gasteiger partial charge in [0.15, 0.2) is 0 Å². The van der Waals surface area contributed by atoms with Crippen molar-refractivity contribution in [2.45, 2.75) is 87.0 Å². The van der Waals surface area contributed by atoms with Crippen LogP contribution in [0.5, 0.6) is 0 Å². The minimum atomic E-state index is 0.245. The fourth-order valence-electron chi connectivity index (χ4n) is 8.52. The molecule has 214 valence electrons. The molecule has 0 bridgehead atoms. The fourth-order valence-corrected chi connectivity index (χ4v) is 10.3. The number of hydrogen-bond acceptors (Lipinski definition) is 7. The lowest BCUT2D eigenvalue weighted by atomic mass is 9.79. The predicted octanol–water partition coefficient (Wildman–Crippen LogP) is 5.47. The van der Waals surface area contributed by atoms with E-state index in [1.165, 1.54) is 72.9 Å². The molecule has 0 radical (unpaired) electrons. The molecule has 5 aliphatic heterocycles. The normalized spacial score (nSPS) is 36.1. The minimum absolute atomic E-state index is 0.245. The second-order valence-electron chi connectivity index (χ2n) is 12.9. The van der Waals surface area contributed by atoms with Gasteiger partial charge in [-0.25, -0.2) is 5.43 Å². The summed E-state index contributed by atoms with van der Waals surface area (Å²) in [6, 6.07) is 15.7. The summed E-state index contributed by atoms with van der Waals surface area (Å²) in [6.07, 6.45) is 9.73. The Bertz CT molecular complexity index is 1250. The van der Waals surface area contributed by atoms with Gasteiger partial charge >= 0.3 is 0 Å². The highest BCUT2D eigenvalue weighted by Gasteiger charge is 2.40. The predicted molar refractivity (Wildman–Crippen MR) is 167 cm³/mol. The molecule has 8 atom stereocenters. The van der Waals surface area contributed by atoms with Crippen molar-refractivity contribution < 1.29 is 0 Å². The summed E-state index contributed by atoms with van der Waals surface area (Å²) in [5, 5.41) is 9.48. The Kier molecular flexibility index (Phi) is 7.69. The van der Waals surface area contributed by atoms with Crippen LogP contribution in [-0.2, 0) is 0 Å². The van der Waals surface area contributed by atoms with Crippen molar-refractivity contribution in [2.75, 3.05) is 26.7 Å². The number of hydrogen-bond donors (Lipinski definition) is 4. The molecule has 0 spiro atoms. The zero-order valence-corrected chi connectivity index (χ0v) is 25.1. The van der Waals surface area contributed by atoms with Crippen LogP contribution in [0.4, 0.5) is 0 Å². The maximum atomic E-state index is 4.59. The Labute approximate surface area is 244 Å². The lowest BCUT2D eigenvalue weighted by Crippen LogP contribution is -2.60. The van der Waals surface area contributed by atoms with E-state index in [-0.39, 0.29) is 6.04 Å². The lowest BCUT2D eigenvalue weighted by molar-refractivity contribution is 0.0502. The van der Waals surface area contributed by atoms with Crippen molar-refractivity contribution in [1.82, 2.24) is 26.5 Å². The van der Waals surface area contributed by atoms with E-state index in [9.17, 15) is 0 Å². The molecule has 7 rings (SSSR count). The number of likely N-dealkylation sites (tertiary alicyclic amines) is 1. The molecule has 0 amide bonds. The second kappa shape index (κ2) is 11.4. The molecular formula is C33H46N6S. The van der Waals surface area contributed by atoms with Crippen LogP contribution < -0.4 is 21.6 Å². The van der Waals surface area contributed by atoms with Crippen molar-refractivity contribution >= 4 is 18.0 Å². The lowest BCUT2D eigenvalue weighted by Gasteiger charge is -2.48. The van der Waals surface area contributed by atoms with E-state index in [2.05, 4.69) is 107 Å². The number of fused-ring (bicyclic) bond motifs is 2. The van der Waals surface area contributed by atoms with Gasteiger partial charge < -0.3 is 15.6 Å². The Hall–Kier alpha value is -1.90. The first-order chi connectivity index (χ1) is 19.6. The Morgan fingerprint density at radius 2 is 1.55 bits per heavy atom. The molecule has 4 fully saturated rings. The van der Waals surface area contributed by atoms with E-state index < -0.39 is 0 Å². The van der Waals surface area contributed by atoms with E-state index in [0.717, 1.165) is 19.0 Å². The second-order valence-corrected chi connectivity index (χ2v) is 14.3. The van der Waals surface area contributed by atoms with Crippen molar-refractivity contribution in [2.24, 2.45) is 16.9 Å². The third kappa shape index (κ3) is 4.82. The summed E-state index contributed by atoms with van der Waals surface area (Å²) in [7, 11) is 2.32. The molecule has 40 heavy (non-hydrogen) atoms. The molecule has 0 aromatic heterocycles. The molecule has 0 aliphatic carbocycles. The van der Waals surface area contributed by atoms with Gasteiger partial charge in [-0.3, -0.25) is 5.43 Å². The highest BCUT2D eigenvalue weighted by atomic mass is 32.2. The molecule has 7 heteroatoms. The summed E-state index contributed by atoms with van der Waals surface area (Å²) in [4.78, 5) is 2.60. The molecule has 5 aliphatic rings. The Balaban J connectivity index is 1.12. The zero-order valence-electron chi connectivity index (χ0n) is 24.3. The standard InChI is InChI=1S/C33H46N6S/c1-20-24(10-4-12-26(20)31-30-22(18-35-37-31)8-6-16-34-30)28-14-15-29(40-28)25-11-5-13-27(21(25)2)32-33-23(19-36-38-32)9-7-17-39(33)3/h4-5,10-13,18,22-23,28-34,36-38H,6-9,14-17,19H2,1-3H3. The van der Waals surface area contributed by atoms with E-state index in [0.29, 0.717) is 34.5 Å². The Morgan fingerprint density at radius 3 is 2.30 bits per heavy atom. The molecule has 8 unspecified atom stereocenters. The van der Waals surface area contributed by atoms with Gasteiger partial charge in [0.2, 0.25) is 0 Å². The van der Waals surface area contributed by atoms with Gasteiger partial charge in [-0.1, -0.05) is 36.4 Å². The fraction of sp³-hybridized carbons (Fsp3) is 0.606. The molecule has 0 saturated carbocycles. The summed E-state index contributed by atoms with van der Waals surface area (Å²) >= 11 is 2.19. The van der Waals surface area contributed by atoms with Crippen LogP contribution in [-0.4, -0.2) is 49.9 Å². The van der Waals surface area contributed by atoms with Crippen molar-refractivity contribution in [1.29, 1.82) is 0 Å². The van der Waals surface area contributed by atoms with Crippen LogP contribution in [0.2, 0.25) is 0 Å². The van der Waals surface area contributed by atoms with Crippen molar-refractivity contribution in [3.63, 3.8) is 0 Å². The van der Waals surface area contributed by atoms with E-state index >= 15 is 0 Å². The van der Waals surface area contributed by atoms with Crippen LogP contribution in [0.25, 0.3) is 0 Å². The number of benzene rings is 2. The number of hydrazine groups is 1. The third-order valence-corrected chi connectivity index (χ3v) is 12.3. The third-order valence-electron chi connectivity index (χ3n) is 10.7. The molecule has 4 N–H and O–H groups in total. The van der Waals surface area contributed by atoms with Crippen LogP contribution in [0.15, 0.2) is 41.5 Å². The van der Waals surface area contributed by atoms with Gasteiger partial charge in [0.25, 0.3) is 0 Å². The first-order valence-corrected chi connectivity index (χ1v) is 16.6. The topological polar surface area (TPSA) is 63.7 Å². The van der Waals surface area contributed by atoms with Crippen LogP contribution in [0, 0.1) is 25.7 Å². The van der Waals surface area contributed by atoms with Gasteiger partial charge in [-0.2, -0.15) is 5.10 Å². The van der Waals surface area contributed by atoms with Gasteiger partial charge in [0.05, 0.1) is 12.1 Å². The SMILES string of the molecule is Cc1c(C2CCC(c3cccc(C4NNCC5CCCN(C)C54)c3C)S2)cccc1C1NN=CC2CCCNC21. The number of nitrogens with one attached hydrogen (secondary N) is 4. The quantitative estimate of drug-likeness (QED) is 0.399. The first-order valence-electron chi connectivity index (χ1n) is 15.6. The number of piperidine rings is 2. The zero-order chi connectivity index (χ0) is 27.2. The Morgan fingerprint density at radius 1 is 0.850 bits per heavy atom. The van der Waals surface area contributed by atoms with Crippen LogP contribution in [0.3, 0.4) is 0 Å². The largest absolute Gasteiger partial charge is 0.311 e. The molecule has 5 heterocycles. The van der Waals surface area contributed by atoms with Crippen molar-refractivity contribution in [3.8, 4) is 0 Å². The average Bonchev–Trinajstić information content (AvgIpc) is 3.47. The highest BCUT2D eigenvalue weighted by molar-refractivity contribution is 8.00. The number of likely N-dealkylation sites (N-methyl/N-ethyl adjacent to an activating group) is 1. The van der Waals surface area contributed by atoms with Crippen molar-refractivity contribution in [3.05, 3.63) is 69.8 Å². The maximum Gasteiger partial charge on any atom is 0.0851 e. The molecule has 4 saturated heterocycles. The number of thioether (sulfide) groups is 1. The number of nitrogens with zero attached hydrogens (tertiary/aromatic N) is 2. The molecule has 2 aromatic rings. The minimum Gasteiger partial charge on any atom is -0.311 e. The van der Waals surface area contributed by atoms with E-state index in [4.69, 9.17) is 0 Å². The summed E-state index contributed by atoms with van der Waals surface area (Å²) in [6.45, 7) is 8.11. The number of rotatable bonds is 4. The van der Waals surface area contributed by atoms with Gasteiger partial charge in [0, 0.05) is 41.3 Å². The smallest absolute Gasteiger partial charge is 0.0851 e. The summed E-state index contributed by atoms with van der Waals surface area (Å²) < 4.78 is 0. The monoisotopic (exact) mass is 558 g/mol. The van der Waals surface area contributed by atoms with Gasteiger partial charge in [0.1, 0.15) is 0 Å². The maximum absolute atomic E-state index is 4.59. The van der Waals surface area contributed by atoms with Crippen LogP contribution in [0.1, 0.15) is 94.5 Å². The molecular weight excluding hydrogens is 512 g/mol. The summed E-state index contributed by atoms with van der Waals surface area (Å²) in [5.41, 5.74) is 19.6. The van der Waals surface area contributed by atoms with E-state index in [1.54, 1.807) is 5.56 Å². The molecule has 2 aromatic carbocycles. The number of hydrazone groups is 1. The first kappa shape index (κ1) is 27.0. The highest BCUT2D eigenvalue weighted by Crippen LogP contribution is 2.54. The van der Waals surface area contributed by atoms with E-state index in [1.807, 2.05) is 0 Å².